The van der Waals surface area contributed by atoms with Crippen molar-refractivity contribution in [2.24, 2.45) is 11.3 Å². The number of aliphatic hydroxyl groups excluding tert-OH is 1. The molecule has 5 heteroatoms. The number of carbonyl (C=O) groups excluding carboxylic acids is 1. The Kier molecular flexibility index (Phi) is 12.1. The van der Waals surface area contributed by atoms with E-state index in [2.05, 4.69) is 17.1 Å². The van der Waals surface area contributed by atoms with E-state index in [0.29, 0.717) is 0 Å². The molecule has 0 aliphatic rings. The molecule has 1 radical (unpaired) electrons. The number of benzene rings is 2. The molecule has 1 aromatic heterocycles. The quantitative estimate of drug-likeness (QED) is 0.156. The zero-order valence-electron chi connectivity index (χ0n) is 19.6. The van der Waals surface area contributed by atoms with Crippen molar-refractivity contribution in [3.8, 4) is 10.6 Å². The first-order valence-electron chi connectivity index (χ1n) is 11.2. The fraction of sp³-hybridized carbons (Fsp3) is 0.407. The average Bonchev–Trinajstić information content (AvgIpc) is 3.24. The van der Waals surface area contributed by atoms with E-state index in [4.69, 9.17) is 0 Å². The van der Waals surface area contributed by atoms with E-state index in [9.17, 15) is 9.90 Å². The summed E-state index contributed by atoms with van der Waals surface area (Å²) in [7, 11) is 0. The van der Waals surface area contributed by atoms with Gasteiger partial charge in [0.15, 0.2) is 5.78 Å². The van der Waals surface area contributed by atoms with Gasteiger partial charge >= 0.3 is 0 Å². The second-order valence-electron chi connectivity index (χ2n) is 7.98. The van der Waals surface area contributed by atoms with Crippen LogP contribution in [0.5, 0.6) is 0 Å². The maximum absolute atomic E-state index is 12.0. The summed E-state index contributed by atoms with van der Waals surface area (Å²) in [5.41, 5.74) is 1.81. The van der Waals surface area contributed by atoms with Crippen molar-refractivity contribution in [3.63, 3.8) is 0 Å². The number of aromatic nitrogens is 1. The van der Waals surface area contributed by atoms with Crippen LogP contribution >= 0.6 is 11.3 Å². The minimum atomic E-state index is -0.319. The predicted octanol–water partition coefficient (Wildman–Crippen LogP) is 8.02. The van der Waals surface area contributed by atoms with Gasteiger partial charge in [0.1, 0.15) is 0 Å². The van der Waals surface area contributed by atoms with Gasteiger partial charge in [0, 0.05) is 47.2 Å². The molecule has 3 nitrogen and oxygen atoms in total. The van der Waals surface area contributed by atoms with Gasteiger partial charge in [0.2, 0.25) is 0 Å². The Morgan fingerprint density at radius 2 is 1.72 bits per heavy atom. The van der Waals surface area contributed by atoms with Crippen molar-refractivity contribution in [3.05, 3.63) is 66.4 Å². The van der Waals surface area contributed by atoms with Crippen LogP contribution in [-0.4, -0.2) is 15.9 Å². The molecule has 0 amide bonds. The molecule has 0 fully saturated rings. The summed E-state index contributed by atoms with van der Waals surface area (Å²) in [5, 5.41) is 10.9. The number of hydrogen-bond acceptors (Lipinski definition) is 4. The van der Waals surface area contributed by atoms with Gasteiger partial charge in [0.05, 0.1) is 11.3 Å². The Bertz CT molecular complexity index is 956. The molecular formula is C27H34IrNO2S-. The number of para-hydroxylation sites is 1. The summed E-state index contributed by atoms with van der Waals surface area (Å²) in [6.07, 6.45) is 4.83. The molecule has 0 aliphatic carbocycles. The molecule has 0 bridgehead atoms. The number of fused-ring (bicyclic) bond motifs is 1. The third kappa shape index (κ3) is 7.37. The van der Waals surface area contributed by atoms with Crippen LogP contribution in [0.3, 0.4) is 0 Å². The normalized spacial score (nSPS) is 11.6. The van der Waals surface area contributed by atoms with Crippen molar-refractivity contribution >= 4 is 27.3 Å². The second-order valence-corrected chi connectivity index (χ2v) is 9.01. The molecule has 0 atom stereocenters. The van der Waals surface area contributed by atoms with Crippen molar-refractivity contribution < 1.29 is 30.0 Å². The van der Waals surface area contributed by atoms with Gasteiger partial charge in [-0.2, -0.15) is 11.3 Å². The van der Waals surface area contributed by atoms with Gasteiger partial charge in [-0.25, -0.2) is 0 Å². The van der Waals surface area contributed by atoms with Crippen LogP contribution in [0.25, 0.3) is 20.8 Å². The van der Waals surface area contributed by atoms with E-state index in [1.807, 2.05) is 77.1 Å². The van der Waals surface area contributed by atoms with Crippen LogP contribution in [0.1, 0.15) is 60.3 Å². The number of hydrogen-bond donors (Lipinski definition) is 1. The van der Waals surface area contributed by atoms with E-state index in [1.165, 1.54) is 10.8 Å². The van der Waals surface area contributed by atoms with E-state index < -0.39 is 0 Å². The van der Waals surface area contributed by atoms with Crippen LogP contribution in [0.4, 0.5) is 0 Å². The topological polar surface area (TPSA) is 50.2 Å². The largest absolute Gasteiger partial charge is 0.512 e. The van der Waals surface area contributed by atoms with Crippen molar-refractivity contribution in [2.75, 3.05) is 0 Å². The summed E-state index contributed by atoms with van der Waals surface area (Å²) >= 11 is 1.71. The third-order valence-corrected chi connectivity index (χ3v) is 7.14. The molecule has 1 heterocycles. The SMILES string of the molecule is CCC(CC)/C(O)=C/C(=O)C(C)(CC)CC.[Ir].[c-]1ccccc1-c1nc2ccccc2s1. The fourth-order valence-corrected chi connectivity index (χ4v) is 4.20. The molecule has 0 aliphatic heterocycles. The summed E-state index contributed by atoms with van der Waals surface area (Å²) in [4.78, 5) is 16.6. The molecule has 0 spiro atoms. The molecular weight excluding hydrogens is 595 g/mol. The fourth-order valence-electron chi connectivity index (χ4n) is 3.25. The molecule has 32 heavy (non-hydrogen) atoms. The molecule has 3 rings (SSSR count). The van der Waals surface area contributed by atoms with Gasteiger partial charge < -0.3 is 5.11 Å². The van der Waals surface area contributed by atoms with Crippen LogP contribution in [0, 0.1) is 17.4 Å². The number of allylic oxidation sites excluding steroid dienone is 2. The first-order valence-corrected chi connectivity index (χ1v) is 12.0. The molecule has 1 N–H and O–H groups in total. The second kappa shape index (κ2) is 13.7. The van der Waals surface area contributed by atoms with Crippen LogP contribution in [-0.2, 0) is 24.9 Å². The minimum absolute atomic E-state index is 0. The Hall–Kier alpha value is -1.81. The maximum Gasteiger partial charge on any atom is 0.164 e. The summed E-state index contributed by atoms with van der Waals surface area (Å²) in [6.45, 7) is 10.1. The first kappa shape index (κ1) is 28.2. The smallest absolute Gasteiger partial charge is 0.164 e. The monoisotopic (exact) mass is 629 g/mol. The van der Waals surface area contributed by atoms with Crippen molar-refractivity contribution in [2.45, 2.75) is 60.3 Å². The van der Waals surface area contributed by atoms with Crippen LogP contribution in [0.15, 0.2) is 60.4 Å². The van der Waals surface area contributed by atoms with E-state index in [1.54, 1.807) is 11.3 Å². The Morgan fingerprint density at radius 3 is 2.25 bits per heavy atom. The molecule has 2 aromatic carbocycles. The van der Waals surface area contributed by atoms with Gasteiger partial charge in [-0.15, -0.1) is 35.9 Å². The zero-order valence-corrected chi connectivity index (χ0v) is 22.9. The zero-order chi connectivity index (χ0) is 22.9. The molecule has 0 saturated heterocycles. The number of nitrogens with zero attached hydrogens (tertiary/aromatic N) is 1. The summed E-state index contributed by atoms with van der Waals surface area (Å²) < 4.78 is 1.23. The van der Waals surface area contributed by atoms with Gasteiger partial charge in [-0.05, 0) is 37.8 Å². The number of ketones is 1. The Labute approximate surface area is 210 Å². The van der Waals surface area contributed by atoms with Gasteiger partial charge in [-0.3, -0.25) is 9.78 Å². The van der Waals surface area contributed by atoms with Crippen LogP contribution in [0.2, 0.25) is 0 Å². The average molecular weight is 629 g/mol. The summed E-state index contributed by atoms with van der Waals surface area (Å²) in [5.74, 6) is 0.437. The van der Waals surface area contributed by atoms with Crippen molar-refractivity contribution in [1.82, 2.24) is 4.98 Å². The standard InChI is InChI=1S/C14H26O2.C13H8NS.Ir/c1-6-11(7-2)12(15)10-13(16)14(5,8-3)9-4;1-2-6-10(7-3-1)13-14-11-8-4-5-9-12(11)15-13;/h10-11,15H,6-9H2,1-5H3;1-6,8-9H;/q;-1;/b12-10-;;. The summed E-state index contributed by atoms with van der Waals surface area (Å²) in [6, 6.07) is 19.3. The number of rotatable bonds is 8. The molecule has 0 unspecified atom stereocenters. The minimum Gasteiger partial charge on any atom is -0.512 e. The number of aliphatic hydroxyl groups is 1. The number of carbonyl (C=O) groups is 1. The van der Waals surface area contributed by atoms with Crippen molar-refractivity contribution in [1.29, 1.82) is 0 Å². The number of thiazole rings is 1. The van der Waals surface area contributed by atoms with E-state index in [-0.39, 0.29) is 43.0 Å². The maximum atomic E-state index is 12.0. The third-order valence-electron chi connectivity index (χ3n) is 6.07. The van der Waals surface area contributed by atoms with E-state index >= 15 is 0 Å². The predicted molar refractivity (Wildman–Crippen MR) is 132 cm³/mol. The van der Waals surface area contributed by atoms with E-state index in [0.717, 1.165) is 41.8 Å². The Balaban J connectivity index is 0.000000310. The first-order chi connectivity index (χ1) is 14.9. The van der Waals surface area contributed by atoms with Gasteiger partial charge in [0.25, 0.3) is 0 Å². The van der Waals surface area contributed by atoms with Gasteiger partial charge in [-0.1, -0.05) is 46.8 Å². The molecule has 175 valence electrons. The Morgan fingerprint density at radius 1 is 1.09 bits per heavy atom. The van der Waals surface area contributed by atoms with Crippen LogP contribution < -0.4 is 0 Å². The molecule has 0 saturated carbocycles. The molecule has 3 aromatic rings.